The van der Waals surface area contributed by atoms with E-state index in [1.807, 2.05) is 45.9 Å². The first-order valence-electron chi connectivity index (χ1n) is 11.1. The maximum absolute atomic E-state index is 13.1. The van der Waals surface area contributed by atoms with Crippen molar-refractivity contribution in [2.45, 2.75) is 51.4 Å². The van der Waals surface area contributed by atoms with Gasteiger partial charge in [0.25, 0.3) is 0 Å². The van der Waals surface area contributed by atoms with Crippen LogP contribution in [0.25, 0.3) is 0 Å². The number of anilines is 1. The smallest absolute Gasteiger partial charge is 0.379 e. The van der Waals surface area contributed by atoms with Crippen LogP contribution in [-0.2, 0) is 22.8 Å². The van der Waals surface area contributed by atoms with Gasteiger partial charge in [0.1, 0.15) is 10.6 Å². The predicted molar refractivity (Wildman–Crippen MR) is 131 cm³/mol. The van der Waals surface area contributed by atoms with Crippen LogP contribution in [0.1, 0.15) is 36.1 Å². The summed E-state index contributed by atoms with van der Waals surface area (Å²) in [5.41, 5.74) is 2.04. The number of alkyl halides is 3. The van der Waals surface area contributed by atoms with Gasteiger partial charge in [-0.3, -0.25) is 0 Å². The maximum Gasteiger partial charge on any atom is 0.416 e. The number of nitrogens with one attached hydrogen (secondary N) is 1. The lowest BCUT2D eigenvalue weighted by Gasteiger charge is -2.28. The van der Waals surface area contributed by atoms with Crippen molar-refractivity contribution in [3.05, 3.63) is 89.0 Å². The van der Waals surface area contributed by atoms with E-state index in [0.717, 1.165) is 35.0 Å². The van der Waals surface area contributed by atoms with E-state index in [0.29, 0.717) is 11.6 Å². The second kappa shape index (κ2) is 10.6. The molecule has 2 amide bonds. The first-order valence-corrected chi connectivity index (χ1v) is 12.5. The molecule has 10 heteroatoms. The minimum atomic E-state index is -4.69. The summed E-state index contributed by atoms with van der Waals surface area (Å²) in [6.45, 7) is 7.64. The Bertz CT molecular complexity index is 1340. The van der Waals surface area contributed by atoms with E-state index in [9.17, 15) is 26.4 Å². The van der Waals surface area contributed by atoms with E-state index < -0.39 is 26.8 Å². The number of carbonyl (C=O) groups is 1. The van der Waals surface area contributed by atoms with Crippen molar-refractivity contribution in [1.29, 1.82) is 0 Å². The van der Waals surface area contributed by atoms with Gasteiger partial charge in [0.05, 0.1) is 5.56 Å². The fourth-order valence-corrected chi connectivity index (χ4v) is 4.54. The Morgan fingerprint density at radius 1 is 0.972 bits per heavy atom. The molecule has 36 heavy (non-hydrogen) atoms. The van der Waals surface area contributed by atoms with Gasteiger partial charge in [-0.25, -0.2) is 4.79 Å². The first kappa shape index (κ1) is 27.1. The van der Waals surface area contributed by atoms with Gasteiger partial charge in [-0.1, -0.05) is 36.4 Å². The van der Waals surface area contributed by atoms with Crippen LogP contribution in [-0.4, -0.2) is 25.4 Å². The summed E-state index contributed by atoms with van der Waals surface area (Å²) in [4.78, 5) is 14.0. The number of aryl methyl sites for hydroxylation is 2. The van der Waals surface area contributed by atoms with Crippen LogP contribution >= 0.6 is 0 Å². The molecule has 3 aromatic carbocycles. The van der Waals surface area contributed by atoms with Crippen molar-refractivity contribution >= 4 is 21.8 Å². The van der Waals surface area contributed by atoms with Crippen LogP contribution in [0.5, 0.6) is 5.75 Å². The number of hydrogen-bond donors (Lipinski definition) is 1. The maximum atomic E-state index is 13.1. The molecule has 0 saturated carbocycles. The molecule has 1 N–H and O–H groups in total. The number of hydrogen-bond acceptors (Lipinski definition) is 4. The van der Waals surface area contributed by atoms with E-state index in [4.69, 9.17) is 4.18 Å². The van der Waals surface area contributed by atoms with E-state index in [1.54, 1.807) is 17.0 Å². The standard InChI is InChI=1S/C26H27F3N2O4S/c1-17(2)31(25(32)30-24-18(3)8-5-9-19(24)4)16-20-10-6-12-22(14-20)35-36(33,34)23-13-7-11-21(15-23)26(27,28)29/h5-15,17H,16H2,1-4H3,(H,30,32). The second-order valence-electron chi connectivity index (χ2n) is 8.63. The van der Waals surface area contributed by atoms with Crippen molar-refractivity contribution in [2.24, 2.45) is 0 Å². The number of halogens is 3. The molecule has 0 aromatic heterocycles. The van der Waals surface area contributed by atoms with E-state index >= 15 is 0 Å². The summed E-state index contributed by atoms with van der Waals surface area (Å²) in [5, 5.41) is 2.94. The van der Waals surface area contributed by atoms with Crippen LogP contribution in [0.2, 0.25) is 0 Å². The highest BCUT2D eigenvalue weighted by atomic mass is 32.2. The molecule has 0 aliphatic rings. The third-order valence-electron chi connectivity index (χ3n) is 5.50. The van der Waals surface area contributed by atoms with Crippen LogP contribution in [0.15, 0.2) is 71.6 Å². The molecule has 6 nitrogen and oxygen atoms in total. The molecule has 192 valence electrons. The average molecular weight is 521 g/mol. The molecule has 0 atom stereocenters. The molecule has 0 radical (unpaired) electrons. The third-order valence-corrected chi connectivity index (χ3v) is 6.75. The molecular formula is C26H27F3N2O4S. The molecular weight excluding hydrogens is 493 g/mol. The Labute approximate surface area is 208 Å². The second-order valence-corrected chi connectivity index (χ2v) is 10.2. The van der Waals surface area contributed by atoms with Crippen LogP contribution in [0.3, 0.4) is 0 Å². The lowest BCUT2D eigenvalue weighted by molar-refractivity contribution is -0.137. The molecule has 0 bridgehead atoms. The number of benzene rings is 3. The summed E-state index contributed by atoms with van der Waals surface area (Å²) in [6.07, 6.45) is -4.69. The normalized spacial score (nSPS) is 11.9. The summed E-state index contributed by atoms with van der Waals surface area (Å²) in [5.74, 6) is -0.0798. The van der Waals surface area contributed by atoms with Gasteiger partial charge in [-0.15, -0.1) is 0 Å². The minimum absolute atomic E-state index is 0.0798. The van der Waals surface area contributed by atoms with Crippen molar-refractivity contribution in [1.82, 2.24) is 4.90 Å². The van der Waals surface area contributed by atoms with Crippen LogP contribution in [0, 0.1) is 13.8 Å². The summed E-state index contributed by atoms with van der Waals surface area (Å²) in [6, 6.07) is 14.6. The van der Waals surface area contributed by atoms with E-state index in [-0.39, 0.29) is 24.4 Å². The van der Waals surface area contributed by atoms with Crippen molar-refractivity contribution in [2.75, 3.05) is 5.32 Å². The lowest BCUT2D eigenvalue weighted by atomic mass is 10.1. The topological polar surface area (TPSA) is 75.7 Å². The number of rotatable bonds is 7. The fourth-order valence-electron chi connectivity index (χ4n) is 3.57. The molecule has 3 rings (SSSR count). The zero-order valence-electron chi connectivity index (χ0n) is 20.3. The van der Waals surface area contributed by atoms with Gasteiger partial charge in [0, 0.05) is 18.3 Å². The van der Waals surface area contributed by atoms with Gasteiger partial charge in [0.15, 0.2) is 0 Å². The molecule has 0 aliphatic carbocycles. The predicted octanol–water partition coefficient (Wildman–Crippen LogP) is 6.53. The summed E-state index contributed by atoms with van der Waals surface area (Å²) < 4.78 is 69.4. The molecule has 0 heterocycles. The first-order chi connectivity index (χ1) is 16.8. The molecule has 0 aliphatic heterocycles. The Balaban J connectivity index is 1.80. The average Bonchev–Trinajstić information content (AvgIpc) is 2.79. The Morgan fingerprint density at radius 3 is 2.19 bits per heavy atom. The highest BCUT2D eigenvalue weighted by molar-refractivity contribution is 7.87. The third kappa shape index (κ3) is 6.57. The van der Waals surface area contributed by atoms with Gasteiger partial charge in [0.2, 0.25) is 0 Å². The number of para-hydroxylation sites is 1. The van der Waals surface area contributed by atoms with Gasteiger partial charge < -0.3 is 14.4 Å². The molecule has 0 spiro atoms. The van der Waals surface area contributed by atoms with Gasteiger partial charge in [-0.05, 0) is 74.7 Å². The Kier molecular flexibility index (Phi) is 7.98. The quantitative estimate of drug-likeness (QED) is 0.359. The van der Waals surface area contributed by atoms with Crippen LogP contribution in [0.4, 0.5) is 23.7 Å². The van der Waals surface area contributed by atoms with Gasteiger partial charge in [-0.2, -0.15) is 21.6 Å². The van der Waals surface area contributed by atoms with Crippen LogP contribution < -0.4 is 9.50 Å². The highest BCUT2D eigenvalue weighted by Gasteiger charge is 2.32. The Morgan fingerprint density at radius 2 is 1.58 bits per heavy atom. The highest BCUT2D eigenvalue weighted by Crippen LogP contribution is 2.31. The minimum Gasteiger partial charge on any atom is -0.379 e. The molecule has 3 aromatic rings. The van der Waals surface area contributed by atoms with Crippen molar-refractivity contribution < 1.29 is 30.6 Å². The SMILES string of the molecule is Cc1cccc(C)c1NC(=O)N(Cc1cccc(OS(=O)(=O)c2cccc(C(F)(F)F)c2)c1)C(C)C. The molecule has 0 fully saturated rings. The van der Waals surface area contributed by atoms with Crippen molar-refractivity contribution in [3.8, 4) is 5.75 Å². The zero-order chi connectivity index (χ0) is 26.7. The number of urea groups is 1. The van der Waals surface area contributed by atoms with Gasteiger partial charge >= 0.3 is 22.3 Å². The largest absolute Gasteiger partial charge is 0.416 e. The summed E-state index contributed by atoms with van der Waals surface area (Å²) in [7, 11) is -4.52. The Hall–Kier alpha value is -3.53. The molecule has 0 unspecified atom stereocenters. The monoisotopic (exact) mass is 520 g/mol. The van der Waals surface area contributed by atoms with Crippen molar-refractivity contribution in [3.63, 3.8) is 0 Å². The zero-order valence-corrected chi connectivity index (χ0v) is 21.1. The van der Waals surface area contributed by atoms with E-state index in [2.05, 4.69) is 5.32 Å². The number of carbonyl (C=O) groups excluding carboxylic acids is 1. The fraction of sp³-hybridized carbons (Fsp3) is 0.269. The molecule has 0 saturated heterocycles. The van der Waals surface area contributed by atoms with E-state index in [1.165, 1.54) is 12.1 Å². The lowest BCUT2D eigenvalue weighted by Crippen LogP contribution is -2.39. The number of amides is 2. The summed E-state index contributed by atoms with van der Waals surface area (Å²) >= 11 is 0. The number of nitrogens with zero attached hydrogens (tertiary/aromatic N) is 1.